The Bertz CT molecular complexity index is 549. The molecule has 1 aromatic heterocycles. The highest BCUT2D eigenvalue weighted by atomic mass is 15.1. The van der Waals surface area contributed by atoms with E-state index in [1.54, 1.807) is 6.20 Å². The van der Waals surface area contributed by atoms with Crippen molar-refractivity contribution < 1.29 is 0 Å². The molecule has 2 rings (SSSR count). The minimum atomic E-state index is 0.258. The highest BCUT2D eigenvalue weighted by Crippen LogP contribution is 2.14. The number of aromatic amines is 1. The van der Waals surface area contributed by atoms with E-state index >= 15 is 0 Å². The molecule has 0 spiro atoms. The molecule has 0 unspecified atom stereocenters. The third-order valence-electron chi connectivity index (χ3n) is 1.88. The summed E-state index contributed by atoms with van der Waals surface area (Å²) in [5, 5.41) is 16.1. The maximum Gasteiger partial charge on any atom is 0.0966 e. The van der Waals surface area contributed by atoms with Crippen molar-refractivity contribution in [1.82, 2.24) is 10.2 Å². The number of hydrogen-bond acceptors (Lipinski definition) is 2. The van der Waals surface area contributed by atoms with Crippen LogP contribution in [-0.4, -0.2) is 10.2 Å². The molecular formula is C11H7N3. The lowest BCUT2D eigenvalue weighted by atomic mass is 10.1. The van der Waals surface area contributed by atoms with E-state index in [-0.39, 0.29) is 6.42 Å². The van der Waals surface area contributed by atoms with E-state index in [1.807, 2.05) is 24.3 Å². The van der Waals surface area contributed by atoms with Crippen molar-refractivity contribution in [2.75, 3.05) is 0 Å². The Hall–Kier alpha value is -2.26. The average molecular weight is 181 g/mol. The molecule has 0 atom stereocenters. The maximum absolute atomic E-state index is 8.35. The molecular weight excluding hydrogens is 174 g/mol. The van der Waals surface area contributed by atoms with Crippen LogP contribution in [0.2, 0.25) is 0 Å². The number of rotatable bonds is 0. The Morgan fingerprint density at radius 3 is 3.21 bits per heavy atom. The van der Waals surface area contributed by atoms with Crippen LogP contribution < -0.4 is 0 Å². The molecule has 0 bridgehead atoms. The van der Waals surface area contributed by atoms with E-state index < -0.39 is 0 Å². The molecule has 0 fully saturated rings. The van der Waals surface area contributed by atoms with Gasteiger partial charge in [0.05, 0.1) is 24.2 Å². The third-order valence-corrected chi connectivity index (χ3v) is 1.88. The summed E-state index contributed by atoms with van der Waals surface area (Å²) in [6.45, 7) is 0. The maximum atomic E-state index is 8.35. The van der Waals surface area contributed by atoms with E-state index in [0.29, 0.717) is 0 Å². The Balaban J connectivity index is 2.49. The summed E-state index contributed by atoms with van der Waals surface area (Å²) in [5.41, 5.74) is 1.88. The van der Waals surface area contributed by atoms with E-state index in [0.717, 1.165) is 16.5 Å². The summed E-state index contributed by atoms with van der Waals surface area (Å²) in [6.07, 6.45) is 2.00. The van der Waals surface area contributed by atoms with Gasteiger partial charge in [0.25, 0.3) is 0 Å². The van der Waals surface area contributed by atoms with Crippen LogP contribution in [0.3, 0.4) is 0 Å². The highest BCUT2D eigenvalue weighted by Gasteiger charge is 1.98. The molecule has 0 aliphatic carbocycles. The van der Waals surface area contributed by atoms with Crippen molar-refractivity contribution in [3.63, 3.8) is 0 Å². The van der Waals surface area contributed by atoms with Gasteiger partial charge in [-0.3, -0.25) is 5.10 Å². The quantitative estimate of drug-likeness (QED) is 0.630. The summed E-state index contributed by atoms with van der Waals surface area (Å²) < 4.78 is 0. The predicted molar refractivity (Wildman–Crippen MR) is 53.2 cm³/mol. The topological polar surface area (TPSA) is 52.5 Å². The number of aromatic nitrogens is 2. The van der Waals surface area contributed by atoms with Crippen molar-refractivity contribution in [2.45, 2.75) is 6.42 Å². The van der Waals surface area contributed by atoms with Gasteiger partial charge in [0.1, 0.15) is 0 Å². The zero-order chi connectivity index (χ0) is 9.80. The first-order chi connectivity index (χ1) is 6.92. The van der Waals surface area contributed by atoms with Crippen molar-refractivity contribution in [3.05, 3.63) is 30.0 Å². The van der Waals surface area contributed by atoms with Gasteiger partial charge in [-0.2, -0.15) is 10.4 Å². The Labute approximate surface area is 81.4 Å². The largest absolute Gasteiger partial charge is 0.278 e. The zero-order valence-corrected chi connectivity index (χ0v) is 7.41. The second kappa shape index (κ2) is 3.64. The lowest BCUT2D eigenvalue weighted by molar-refractivity contribution is 1.12. The Kier molecular flexibility index (Phi) is 2.17. The summed E-state index contributed by atoms with van der Waals surface area (Å²) in [6, 6.07) is 7.76. The van der Waals surface area contributed by atoms with E-state index in [4.69, 9.17) is 5.26 Å². The van der Waals surface area contributed by atoms with Gasteiger partial charge in [-0.1, -0.05) is 17.9 Å². The molecule has 66 valence electrons. The summed E-state index contributed by atoms with van der Waals surface area (Å²) >= 11 is 0. The molecule has 0 radical (unpaired) electrons. The number of hydrogen-bond donors (Lipinski definition) is 1. The Morgan fingerprint density at radius 1 is 1.43 bits per heavy atom. The molecule has 2 aromatic rings. The lowest BCUT2D eigenvalue weighted by Crippen LogP contribution is -1.75. The first-order valence-corrected chi connectivity index (χ1v) is 4.20. The van der Waals surface area contributed by atoms with Crippen LogP contribution in [-0.2, 0) is 0 Å². The number of nitriles is 1. The molecule has 1 N–H and O–H groups in total. The monoisotopic (exact) mass is 181 g/mol. The summed E-state index contributed by atoms with van der Waals surface area (Å²) in [7, 11) is 0. The van der Waals surface area contributed by atoms with Crippen LogP contribution in [0.4, 0.5) is 0 Å². The van der Waals surface area contributed by atoms with E-state index in [9.17, 15) is 0 Å². The molecule has 0 aliphatic rings. The van der Waals surface area contributed by atoms with Crippen molar-refractivity contribution in [1.29, 1.82) is 5.26 Å². The molecule has 0 aliphatic heterocycles. The van der Waals surface area contributed by atoms with Crippen LogP contribution in [0.25, 0.3) is 10.9 Å². The minimum absolute atomic E-state index is 0.258. The fraction of sp³-hybridized carbons (Fsp3) is 0.0909. The second-order valence-corrected chi connectivity index (χ2v) is 2.77. The molecule has 0 saturated heterocycles. The van der Waals surface area contributed by atoms with E-state index in [2.05, 4.69) is 22.0 Å². The van der Waals surface area contributed by atoms with Gasteiger partial charge < -0.3 is 0 Å². The van der Waals surface area contributed by atoms with Gasteiger partial charge in [-0.25, -0.2) is 0 Å². The zero-order valence-electron chi connectivity index (χ0n) is 7.41. The van der Waals surface area contributed by atoms with Crippen molar-refractivity contribution in [2.24, 2.45) is 0 Å². The van der Waals surface area contributed by atoms with Crippen LogP contribution in [0.5, 0.6) is 0 Å². The summed E-state index contributed by atoms with van der Waals surface area (Å²) in [4.78, 5) is 0. The smallest absolute Gasteiger partial charge is 0.0966 e. The number of nitrogens with one attached hydrogen (secondary N) is 1. The molecule has 3 heteroatoms. The predicted octanol–water partition coefficient (Wildman–Crippen LogP) is 1.83. The standard InChI is InChI=1S/C11H7N3/c12-7-2-1-4-9-5-3-6-11-10(9)8-13-14-11/h3,5-6,8H,2H2,(H,13,14). The van der Waals surface area contributed by atoms with E-state index in [1.165, 1.54) is 0 Å². The molecule has 1 heterocycles. The van der Waals surface area contributed by atoms with Gasteiger partial charge in [0.15, 0.2) is 0 Å². The fourth-order valence-electron chi connectivity index (χ4n) is 1.26. The van der Waals surface area contributed by atoms with Crippen LogP contribution >= 0.6 is 0 Å². The first-order valence-electron chi connectivity index (χ1n) is 4.20. The highest BCUT2D eigenvalue weighted by molar-refractivity contribution is 5.84. The third kappa shape index (κ3) is 1.44. The fourth-order valence-corrected chi connectivity index (χ4v) is 1.26. The number of nitrogens with zero attached hydrogens (tertiary/aromatic N) is 2. The number of H-pyrrole nitrogens is 1. The SMILES string of the molecule is N#CCC#Cc1cccc2[nH]ncc12. The van der Waals surface area contributed by atoms with Crippen LogP contribution in [0.1, 0.15) is 12.0 Å². The number of benzene rings is 1. The summed E-state index contributed by atoms with van der Waals surface area (Å²) in [5.74, 6) is 5.72. The molecule has 14 heavy (non-hydrogen) atoms. The second-order valence-electron chi connectivity index (χ2n) is 2.77. The molecule has 0 amide bonds. The van der Waals surface area contributed by atoms with Gasteiger partial charge in [0.2, 0.25) is 0 Å². The van der Waals surface area contributed by atoms with Gasteiger partial charge >= 0.3 is 0 Å². The van der Waals surface area contributed by atoms with Gasteiger partial charge in [0, 0.05) is 10.9 Å². The van der Waals surface area contributed by atoms with Gasteiger partial charge in [-0.05, 0) is 12.1 Å². The average Bonchev–Trinajstić information content (AvgIpc) is 2.67. The normalized spacial score (nSPS) is 9.07. The van der Waals surface area contributed by atoms with Crippen LogP contribution in [0, 0.1) is 23.2 Å². The number of fused-ring (bicyclic) bond motifs is 1. The van der Waals surface area contributed by atoms with Crippen LogP contribution in [0.15, 0.2) is 24.4 Å². The molecule has 3 nitrogen and oxygen atoms in total. The molecule has 0 saturated carbocycles. The first kappa shape index (κ1) is 8.34. The van der Waals surface area contributed by atoms with Crippen molar-refractivity contribution in [3.8, 4) is 17.9 Å². The minimum Gasteiger partial charge on any atom is -0.278 e. The Morgan fingerprint density at radius 2 is 2.36 bits per heavy atom. The van der Waals surface area contributed by atoms with Crippen molar-refractivity contribution >= 4 is 10.9 Å². The molecule has 1 aromatic carbocycles. The lowest BCUT2D eigenvalue weighted by Gasteiger charge is -1.91. The van der Waals surface area contributed by atoms with Gasteiger partial charge in [-0.15, -0.1) is 0 Å².